The number of aromatic nitrogens is 1. The van der Waals surface area contributed by atoms with E-state index in [1.165, 1.54) is 12.1 Å². The van der Waals surface area contributed by atoms with Gasteiger partial charge in [-0.25, -0.2) is 22.5 Å². The smallest absolute Gasteiger partial charge is 0.417 e. The summed E-state index contributed by atoms with van der Waals surface area (Å²) in [5.74, 6) is -1.51. The van der Waals surface area contributed by atoms with Crippen LogP contribution in [0.15, 0.2) is 24.4 Å². The Balaban J connectivity index is 1.16. The number of halogens is 5. The summed E-state index contributed by atoms with van der Waals surface area (Å²) in [6, 6.07) is 3.93. The van der Waals surface area contributed by atoms with E-state index in [1.54, 1.807) is 0 Å². The minimum Gasteiger partial charge on any atom is -0.473 e. The Morgan fingerprint density at radius 1 is 1.07 bits per heavy atom. The average molecular weight is 602 g/mol. The minimum atomic E-state index is -4.55. The first-order valence-electron chi connectivity index (χ1n) is 13.4. The molecule has 1 N–H and O–H groups in total. The van der Waals surface area contributed by atoms with Gasteiger partial charge in [-0.2, -0.15) is 13.2 Å². The second-order valence-electron chi connectivity index (χ2n) is 11.3. The van der Waals surface area contributed by atoms with E-state index in [0.717, 1.165) is 42.9 Å². The molecule has 6 rings (SSSR count). The number of pyridine rings is 1. The maximum atomic E-state index is 15.2. The molecule has 3 atom stereocenters. The summed E-state index contributed by atoms with van der Waals surface area (Å²) < 4.78 is 86.4. The Kier molecular flexibility index (Phi) is 7.02. The molecule has 0 spiro atoms. The SMILES string of the molecule is O=C(NS(=O)(=O)C1CC1)c1cc(C2CC2)c(CN2C3CC[C@H]2CC(Oc2ncc(C(F)(F)F)cc2Cl)C3)cc1F. The van der Waals surface area contributed by atoms with Crippen LogP contribution in [0.4, 0.5) is 17.6 Å². The van der Waals surface area contributed by atoms with Crippen molar-refractivity contribution in [3.8, 4) is 5.88 Å². The van der Waals surface area contributed by atoms with E-state index < -0.39 is 38.7 Å². The van der Waals surface area contributed by atoms with Gasteiger partial charge in [0.1, 0.15) is 16.9 Å². The Hall–Kier alpha value is -2.44. The van der Waals surface area contributed by atoms with E-state index in [2.05, 4.69) is 9.88 Å². The van der Waals surface area contributed by atoms with Crippen LogP contribution < -0.4 is 9.46 Å². The molecule has 2 unspecified atom stereocenters. The van der Waals surface area contributed by atoms with E-state index in [1.807, 2.05) is 4.72 Å². The van der Waals surface area contributed by atoms with Crippen molar-refractivity contribution in [1.82, 2.24) is 14.6 Å². The summed E-state index contributed by atoms with van der Waals surface area (Å²) in [5.41, 5.74) is 0.455. The van der Waals surface area contributed by atoms with Crippen LogP contribution in [0.2, 0.25) is 5.02 Å². The molecule has 2 aliphatic carbocycles. The lowest BCUT2D eigenvalue weighted by molar-refractivity contribution is -0.137. The second-order valence-corrected chi connectivity index (χ2v) is 13.6. The van der Waals surface area contributed by atoms with Crippen molar-refractivity contribution in [2.75, 3.05) is 0 Å². The standard InChI is InChI=1S/C27H28ClF4N3O4S/c28-23-8-16(27(30,31)32)12-33-26(23)39-19-9-17-3-4-18(10-19)35(17)13-15-7-24(29)22(11-21(15)14-1-2-14)25(36)34-40(37,38)20-5-6-20/h7-8,11-12,14,17-20H,1-6,9-10,13H2,(H,34,36)/t17-,18?,19?/m0/s1. The number of hydrogen-bond acceptors (Lipinski definition) is 6. The van der Waals surface area contributed by atoms with E-state index in [9.17, 15) is 26.4 Å². The molecule has 3 heterocycles. The molecule has 40 heavy (non-hydrogen) atoms. The molecule has 2 saturated carbocycles. The van der Waals surface area contributed by atoms with Crippen LogP contribution in [0.1, 0.15) is 84.3 Å². The van der Waals surface area contributed by atoms with E-state index in [0.29, 0.717) is 38.4 Å². The van der Waals surface area contributed by atoms with Gasteiger partial charge in [0.2, 0.25) is 15.9 Å². The van der Waals surface area contributed by atoms with Crippen molar-refractivity contribution in [2.45, 2.75) is 93.4 Å². The van der Waals surface area contributed by atoms with Gasteiger partial charge in [0.15, 0.2) is 0 Å². The Labute approximate surface area is 234 Å². The monoisotopic (exact) mass is 601 g/mol. The third kappa shape index (κ3) is 5.67. The fourth-order valence-electron chi connectivity index (χ4n) is 5.96. The molecule has 1 aromatic carbocycles. The van der Waals surface area contributed by atoms with Gasteiger partial charge in [0.25, 0.3) is 5.91 Å². The maximum Gasteiger partial charge on any atom is 0.417 e. The number of rotatable bonds is 8. The van der Waals surface area contributed by atoms with Crippen LogP contribution in [0, 0.1) is 5.82 Å². The third-order valence-electron chi connectivity index (χ3n) is 8.30. The van der Waals surface area contributed by atoms with Crippen LogP contribution in [-0.4, -0.2) is 47.6 Å². The zero-order valence-electron chi connectivity index (χ0n) is 21.4. The summed E-state index contributed by atoms with van der Waals surface area (Å²) in [7, 11) is -3.80. The minimum absolute atomic E-state index is 0.0248. The number of piperidine rings is 1. The highest BCUT2D eigenvalue weighted by Gasteiger charge is 2.43. The average Bonchev–Trinajstić information content (AvgIpc) is 3.77. The summed E-state index contributed by atoms with van der Waals surface area (Å²) in [6.45, 7) is 0.479. The highest BCUT2D eigenvalue weighted by molar-refractivity contribution is 7.91. The zero-order chi connectivity index (χ0) is 28.4. The topological polar surface area (TPSA) is 88.6 Å². The molecule has 0 radical (unpaired) electrons. The number of carbonyl (C=O) groups is 1. The van der Waals surface area contributed by atoms with Crippen molar-refractivity contribution in [1.29, 1.82) is 0 Å². The molecule has 4 aliphatic rings. The van der Waals surface area contributed by atoms with Crippen molar-refractivity contribution in [3.63, 3.8) is 0 Å². The van der Waals surface area contributed by atoms with Gasteiger partial charge < -0.3 is 4.74 Å². The van der Waals surface area contributed by atoms with E-state index >= 15 is 4.39 Å². The van der Waals surface area contributed by atoms with Crippen molar-refractivity contribution in [2.24, 2.45) is 0 Å². The highest BCUT2D eigenvalue weighted by atomic mass is 35.5. The first-order valence-corrected chi connectivity index (χ1v) is 15.3. The van der Waals surface area contributed by atoms with Gasteiger partial charge in [-0.3, -0.25) is 9.69 Å². The number of sulfonamides is 1. The molecule has 216 valence electrons. The number of fused-ring (bicyclic) bond motifs is 2. The fraction of sp³-hybridized carbons (Fsp3) is 0.556. The van der Waals surface area contributed by atoms with Gasteiger partial charge in [0, 0.05) is 24.8 Å². The molecule has 2 saturated heterocycles. The number of nitrogens with one attached hydrogen (secondary N) is 1. The molecular weight excluding hydrogens is 574 g/mol. The molecule has 1 aromatic heterocycles. The number of ether oxygens (including phenoxy) is 1. The van der Waals surface area contributed by atoms with Gasteiger partial charge in [-0.05, 0) is 86.6 Å². The zero-order valence-corrected chi connectivity index (χ0v) is 23.0. The van der Waals surface area contributed by atoms with Crippen molar-refractivity contribution >= 4 is 27.5 Å². The summed E-state index contributed by atoms with van der Waals surface area (Å²) in [6.07, 6.45) is 1.78. The van der Waals surface area contributed by atoms with Crippen LogP contribution in [-0.2, 0) is 22.7 Å². The summed E-state index contributed by atoms with van der Waals surface area (Å²) in [4.78, 5) is 18.8. The molecule has 7 nitrogen and oxygen atoms in total. The predicted octanol–water partition coefficient (Wildman–Crippen LogP) is 5.57. The molecule has 2 aliphatic heterocycles. The lowest BCUT2D eigenvalue weighted by Gasteiger charge is -2.39. The molecular formula is C27H28ClF4N3O4S. The summed E-state index contributed by atoms with van der Waals surface area (Å²) >= 11 is 6.04. The van der Waals surface area contributed by atoms with Crippen LogP contribution in [0.3, 0.4) is 0 Å². The molecule has 4 fully saturated rings. The summed E-state index contributed by atoms with van der Waals surface area (Å²) in [5, 5.41) is -0.779. The van der Waals surface area contributed by atoms with Crippen molar-refractivity contribution in [3.05, 3.63) is 57.5 Å². The van der Waals surface area contributed by atoms with E-state index in [4.69, 9.17) is 16.3 Å². The first-order chi connectivity index (χ1) is 18.9. The lowest BCUT2D eigenvalue weighted by atomic mass is 9.95. The normalized spacial score (nSPS) is 25.2. The van der Waals surface area contributed by atoms with E-state index in [-0.39, 0.29) is 40.6 Å². The maximum absolute atomic E-state index is 15.2. The fourth-order valence-corrected chi connectivity index (χ4v) is 7.47. The Morgan fingerprint density at radius 2 is 1.75 bits per heavy atom. The molecule has 13 heteroatoms. The second kappa shape index (κ2) is 10.1. The molecule has 2 aromatic rings. The number of carbonyl (C=O) groups excluding carboxylic acids is 1. The lowest BCUT2D eigenvalue weighted by Crippen LogP contribution is -2.46. The number of nitrogens with zero attached hydrogens (tertiary/aromatic N) is 2. The third-order valence-corrected chi connectivity index (χ3v) is 10.4. The van der Waals surface area contributed by atoms with Crippen molar-refractivity contribution < 1.29 is 35.5 Å². The number of alkyl halides is 3. The first kappa shape index (κ1) is 27.7. The number of benzene rings is 1. The van der Waals surface area contributed by atoms with Gasteiger partial charge in [-0.15, -0.1) is 0 Å². The van der Waals surface area contributed by atoms with Gasteiger partial charge >= 0.3 is 6.18 Å². The van der Waals surface area contributed by atoms with Crippen LogP contribution in [0.25, 0.3) is 0 Å². The molecule has 1 amide bonds. The number of hydrogen-bond donors (Lipinski definition) is 1. The van der Waals surface area contributed by atoms with Crippen LogP contribution >= 0.6 is 11.6 Å². The predicted molar refractivity (Wildman–Crippen MR) is 138 cm³/mol. The van der Waals surface area contributed by atoms with Crippen LogP contribution in [0.5, 0.6) is 5.88 Å². The Bertz CT molecular complexity index is 1430. The van der Waals surface area contributed by atoms with Gasteiger partial charge in [-0.1, -0.05) is 11.6 Å². The Morgan fingerprint density at radius 3 is 2.33 bits per heavy atom. The number of amides is 1. The molecule has 2 bridgehead atoms. The van der Waals surface area contributed by atoms with Gasteiger partial charge in [0.05, 0.1) is 16.4 Å². The highest BCUT2D eigenvalue weighted by Crippen LogP contribution is 2.45. The largest absolute Gasteiger partial charge is 0.473 e. The quantitative estimate of drug-likeness (QED) is 0.398.